The van der Waals surface area contributed by atoms with E-state index in [2.05, 4.69) is 14.8 Å². The summed E-state index contributed by atoms with van der Waals surface area (Å²) >= 11 is 5.99. The van der Waals surface area contributed by atoms with Crippen LogP contribution in [0.25, 0.3) is 0 Å². The molecule has 2 fully saturated rings. The van der Waals surface area contributed by atoms with E-state index in [1.165, 1.54) is 19.3 Å². The quantitative estimate of drug-likeness (QED) is 0.691. The first-order valence-corrected chi connectivity index (χ1v) is 12.0. The molecule has 7 nitrogen and oxygen atoms in total. The van der Waals surface area contributed by atoms with Crippen LogP contribution in [0.4, 0.5) is 5.95 Å². The smallest absolute Gasteiger partial charge is 0.260 e. The fourth-order valence-corrected chi connectivity index (χ4v) is 4.88. The maximum atomic E-state index is 12.7. The Morgan fingerprint density at radius 2 is 1.91 bits per heavy atom. The Hall–Kier alpha value is -2.38. The number of anilines is 1. The first kappa shape index (κ1) is 21.5. The van der Waals surface area contributed by atoms with Crippen molar-refractivity contribution in [3.63, 3.8) is 0 Å². The Morgan fingerprint density at radius 3 is 2.66 bits per heavy atom. The predicted molar refractivity (Wildman–Crippen MR) is 124 cm³/mol. The van der Waals surface area contributed by atoms with Gasteiger partial charge in [-0.25, -0.2) is 9.97 Å². The molecule has 0 N–H and O–H groups in total. The van der Waals surface area contributed by atoms with Crippen molar-refractivity contribution in [3.8, 4) is 5.75 Å². The average molecular weight is 456 g/mol. The number of amides is 1. The van der Waals surface area contributed by atoms with Crippen LogP contribution in [-0.4, -0.2) is 77.6 Å². The third kappa shape index (κ3) is 4.84. The molecular formula is C24H30ClN5O2. The van der Waals surface area contributed by atoms with Gasteiger partial charge in [-0.2, -0.15) is 0 Å². The van der Waals surface area contributed by atoms with E-state index in [1.54, 1.807) is 18.2 Å². The molecule has 0 spiro atoms. The second-order valence-electron chi connectivity index (χ2n) is 8.88. The molecule has 2 aliphatic heterocycles. The van der Waals surface area contributed by atoms with E-state index in [4.69, 9.17) is 21.3 Å². The SMILES string of the molecule is O=C(COc1cccc(Cl)c1)N1CCc2cnc(N3CCN(C4CCC4)CC3)nc2CC1. The maximum Gasteiger partial charge on any atom is 0.260 e. The molecule has 32 heavy (non-hydrogen) atoms. The molecule has 1 aromatic heterocycles. The Balaban J connectivity index is 1.16. The number of nitrogens with zero attached hydrogens (tertiary/aromatic N) is 5. The minimum atomic E-state index is -0.0157. The van der Waals surface area contributed by atoms with Gasteiger partial charge in [0.2, 0.25) is 5.95 Å². The molecule has 170 valence electrons. The van der Waals surface area contributed by atoms with E-state index in [9.17, 15) is 4.79 Å². The van der Waals surface area contributed by atoms with E-state index < -0.39 is 0 Å². The minimum absolute atomic E-state index is 0.0128. The Morgan fingerprint density at radius 1 is 1.09 bits per heavy atom. The average Bonchev–Trinajstić information content (AvgIpc) is 2.99. The van der Waals surface area contributed by atoms with E-state index in [0.717, 1.165) is 62.3 Å². The number of piperazine rings is 1. The molecule has 1 saturated carbocycles. The molecule has 0 atom stereocenters. The van der Waals surface area contributed by atoms with E-state index >= 15 is 0 Å². The van der Waals surface area contributed by atoms with Crippen LogP contribution in [0, 0.1) is 0 Å². The second kappa shape index (κ2) is 9.63. The molecule has 3 heterocycles. The normalized spacial score (nSPS) is 19.8. The number of fused-ring (bicyclic) bond motifs is 1. The Labute approximate surface area is 194 Å². The number of ether oxygens (including phenoxy) is 1. The van der Waals surface area contributed by atoms with Gasteiger partial charge in [-0.05, 0) is 43.0 Å². The van der Waals surface area contributed by atoms with Crippen LogP contribution in [0.3, 0.4) is 0 Å². The third-order valence-corrected chi connectivity index (χ3v) is 7.15. The molecule has 0 bridgehead atoms. The number of hydrogen-bond donors (Lipinski definition) is 0. The number of hydrogen-bond acceptors (Lipinski definition) is 6. The van der Waals surface area contributed by atoms with Crippen molar-refractivity contribution in [1.29, 1.82) is 0 Å². The molecular weight excluding hydrogens is 426 g/mol. The van der Waals surface area contributed by atoms with Crippen molar-refractivity contribution < 1.29 is 9.53 Å². The first-order chi connectivity index (χ1) is 15.7. The van der Waals surface area contributed by atoms with Crippen LogP contribution in [0.15, 0.2) is 30.5 Å². The van der Waals surface area contributed by atoms with E-state index in [-0.39, 0.29) is 12.5 Å². The Kier molecular flexibility index (Phi) is 6.46. The molecule has 2 aromatic rings. The lowest BCUT2D eigenvalue weighted by Crippen LogP contribution is -2.52. The summed E-state index contributed by atoms with van der Waals surface area (Å²) in [5.41, 5.74) is 2.22. The molecule has 5 rings (SSSR count). The lowest BCUT2D eigenvalue weighted by Gasteiger charge is -2.43. The summed E-state index contributed by atoms with van der Waals surface area (Å²) in [6.07, 6.45) is 7.57. The summed E-state index contributed by atoms with van der Waals surface area (Å²) < 4.78 is 5.64. The van der Waals surface area contributed by atoms with Crippen LogP contribution in [0.5, 0.6) is 5.75 Å². The highest BCUT2D eigenvalue weighted by atomic mass is 35.5. The first-order valence-electron chi connectivity index (χ1n) is 11.7. The summed E-state index contributed by atoms with van der Waals surface area (Å²) in [5, 5.41) is 0.596. The Bertz CT molecular complexity index is 959. The van der Waals surface area contributed by atoms with Crippen LogP contribution in [0.2, 0.25) is 5.02 Å². The zero-order valence-corrected chi connectivity index (χ0v) is 19.1. The molecule has 1 saturated heterocycles. The lowest BCUT2D eigenvalue weighted by atomic mass is 9.91. The van der Waals surface area contributed by atoms with Gasteiger partial charge in [0.05, 0.1) is 5.69 Å². The van der Waals surface area contributed by atoms with Gasteiger partial charge in [0.25, 0.3) is 5.91 Å². The van der Waals surface area contributed by atoms with Gasteiger partial charge in [-0.1, -0.05) is 24.1 Å². The topological polar surface area (TPSA) is 61.8 Å². The van der Waals surface area contributed by atoms with Gasteiger partial charge in [0, 0.05) is 63.0 Å². The van der Waals surface area contributed by atoms with Gasteiger partial charge in [0.15, 0.2) is 6.61 Å². The van der Waals surface area contributed by atoms with E-state index in [0.29, 0.717) is 23.9 Å². The maximum absolute atomic E-state index is 12.7. The van der Waals surface area contributed by atoms with Crippen molar-refractivity contribution in [3.05, 3.63) is 46.7 Å². The van der Waals surface area contributed by atoms with Crippen LogP contribution in [0.1, 0.15) is 30.5 Å². The summed E-state index contributed by atoms with van der Waals surface area (Å²) in [7, 11) is 0. The zero-order valence-electron chi connectivity index (χ0n) is 18.4. The lowest BCUT2D eigenvalue weighted by molar-refractivity contribution is -0.133. The highest BCUT2D eigenvalue weighted by molar-refractivity contribution is 6.30. The van der Waals surface area contributed by atoms with Crippen molar-refractivity contribution >= 4 is 23.5 Å². The molecule has 1 amide bonds. The second-order valence-corrected chi connectivity index (χ2v) is 9.31. The van der Waals surface area contributed by atoms with Crippen molar-refractivity contribution in [2.45, 2.75) is 38.1 Å². The fraction of sp³-hybridized carbons (Fsp3) is 0.542. The largest absolute Gasteiger partial charge is 0.484 e. The van der Waals surface area contributed by atoms with Crippen LogP contribution < -0.4 is 9.64 Å². The van der Waals surface area contributed by atoms with Gasteiger partial charge in [-0.15, -0.1) is 0 Å². The van der Waals surface area contributed by atoms with Crippen LogP contribution in [-0.2, 0) is 17.6 Å². The number of rotatable bonds is 5. The molecule has 3 aliphatic rings. The monoisotopic (exact) mass is 455 g/mol. The third-order valence-electron chi connectivity index (χ3n) is 6.91. The number of aromatic nitrogens is 2. The molecule has 0 radical (unpaired) electrons. The number of carbonyl (C=O) groups is 1. The molecule has 0 unspecified atom stereocenters. The number of carbonyl (C=O) groups excluding carboxylic acids is 1. The van der Waals surface area contributed by atoms with Gasteiger partial charge < -0.3 is 14.5 Å². The zero-order chi connectivity index (χ0) is 21.9. The molecule has 1 aromatic carbocycles. The summed E-state index contributed by atoms with van der Waals surface area (Å²) in [4.78, 5) is 29.1. The van der Waals surface area contributed by atoms with Gasteiger partial charge in [-0.3, -0.25) is 9.69 Å². The van der Waals surface area contributed by atoms with Crippen LogP contribution >= 0.6 is 11.6 Å². The summed E-state index contributed by atoms with van der Waals surface area (Å²) in [6, 6.07) is 7.92. The summed E-state index contributed by atoms with van der Waals surface area (Å²) in [6.45, 7) is 5.49. The molecule has 1 aliphatic carbocycles. The number of halogens is 1. The van der Waals surface area contributed by atoms with E-state index in [1.807, 2.05) is 17.2 Å². The van der Waals surface area contributed by atoms with Gasteiger partial charge >= 0.3 is 0 Å². The summed E-state index contributed by atoms with van der Waals surface area (Å²) in [5.74, 6) is 1.43. The predicted octanol–water partition coefficient (Wildman–Crippen LogP) is 2.81. The van der Waals surface area contributed by atoms with Crippen molar-refractivity contribution in [2.24, 2.45) is 0 Å². The highest BCUT2D eigenvalue weighted by Gasteiger charge is 2.29. The van der Waals surface area contributed by atoms with Crippen molar-refractivity contribution in [2.75, 3.05) is 50.8 Å². The van der Waals surface area contributed by atoms with Crippen molar-refractivity contribution in [1.82, 2.24) is 19.8 Å². The standard InChI is InChI=1S/C24H30ClN5O2/c25-19-3-1-6-21(15-19)32-17-23(31)29-9-7-18-16-26-24(27-22(18)8-10-29)30-13-11-28(12-14-30)20-4-2-5-20/h1,3,6,15-16,20H,2,4-5,7-14,17H2. The molecule has 8 heteroatoms. The minimum Gasteiger partial charge on any atom is -0.484 e. The highest BCUT2D eigenvalue weighted by Crippen LogP contribution is 2.26. The number of benzene rings is 1. The van der Waals surface area contributed by atoms with Gasteiger partial charge in [0.1, 0.15) is 5.75 Å². The fourth-order valence-electron chi connectivity index (χ4n) is 4.70.